The molecule has 6 nitrogen and oxygen atoms in total. The second kappa shape index (κ2) is 13.6. The predicted octanol–water partition coefficient (Wildman–Crippen LogP) is 6.14. The Labute approximate surface area is 206 Å². The number of carbonyl (C=O) groups is 2. The molecule has 0 radical (unpaired) electrons. The van der Waals surface area contributed by atoms with Crippen LogP contribution >= 0.6 is 24.0 Å². The molecule has 8 heteroatoms. The zero-order chi connectivity index (χ0) is 24.4. The van der Waals surface area contributed by atoms with Gasteiger partial charge in [-0.25, -0.2) is 4.79 Å². The molecule has 2 atom stereocenters. The van der Waals surface area contributed by atoms with Crippen LogP contribution in [0.15, 0.2) is 23.1 Å². The number of nitrogens with zero attached hydrogens (tertiary/aromatic N) is 1. The minimum Gasteiger partial charge on any atom is -0.493 e. The lowest BCUT2D eigenvalue weighted by molar-refractivity contribution is -0.147. The number of hydrogen-bond acceptors (Lipinski definition) is 6. The van der Waals surface area contributed by atoms with E-state index in [1.807, 2.05) is 32.0 Å². The largest absolute Gasteiger partial charge is 0.493 e. The Hall–Kier alpha value is -2.06. The molecule has 0 bridgehead atoms. The van der Waals surface area contributed by atoms with Crippen molar-refractivity contribution in [2.45, 2.75) is 71.8 Å². The van der Waals surface area contributed by atoms with Gasteiger partial charge in [-0.05, 0) is 36.1 Å². The molecule has 1 aliphatic rings. The molecular weight excluding hydrogens is 458 g/mol. The van der Waals surface area contributed by atoms with Crippen molar-refractivity contribution >= 4 is 46.3 Å². The van der Waals surface area contributed by atoms with Crippen LogP contribution in [0.1, 0.15) is 71.3 Å². The molecule has 0 saturated carbocycles. The van der Waals surface area contributed by atoms with Crippen LogP contribution < -0.4 is 9.47 Å². The van der Waals surface area contributed by atoms with Crippen LogP contribution in [0.25, 0.3) is 6.08 Å². The van der Waals surface area contributed by atoms with E-state index in [4.69, 9.17) is 21.7 Å². The number of thioether (sulfide) groups is 1. The van der Waals surface area contributed by atoms with Crippen LogP contribution in [0, 0.1) is 5.92 Å². The average Bonchev–Trinajstić information content (AvgIpc) is 3.06. The number of aliphatic carboxylic acids is 1. The first-order valence-electron chi connectivity index (χ1n) is 11.6. The predicted molar refractivity (Wildman–Crippen MR) is 138 cm³/mol. The van der Waals surface area contributed by atoms with Gasteiger partial charge in [0, 0.05) is 0 Å². The van der Waals surface area contributed by atoms with E-state index in [0.29, 0.717) is 29.4 Å². The Morgan fingerprint density at radius 2 is 1.88 bits per heavy atom. The SMILES string of the molecule is CCCCCCCCOc1ccc(/C=C2\SC(=S)N([C@H](C(=O)O)[C@H](C)CC)C2=O)cc1OC. The normalized spacial score (nSPS) is 16.8. The molecule has 0 spiro atoms. The third-order valence-electron chi connectivity index (χ3n) is 5.78. The number of rotatable bonds is 14. The summed E-state index contributed by atoms with van der Waals surface area (Å²) in [6.45, 7) is 6.55. The summed E-state index contributed by atoms with van der Waals surface area (Å²) in [7, 11) is 1.58. The Morgan fingerprint density at radius 1 is 1.18 bits per heavy atom. The summed E-state index contributed by atoms with van der Waals surface area (Å²) in [6, 6.07) is 4.53. The second-order valence-corrected chi connectivity index (χ2v) is 9.92. The van der Waals surface area contributed by atoms with E-state index >= 15 is 0 Å². The van der Waals surface area contributed by atoms with Gasteiger partial charge in [0.05, 0.1) is 18.6 Å². The van der Waals surface area contributed by atoms with Crippen molar-refractivity contribution in [2.24, 2.45) is 5.92 Å². The second-order valence-electron chi connectivity index (χ2n) is 8.25. The van der Waals surface area contributed by atoms with Crippen LogP contribution in [0.4, 0.5) is 0 Å². The number of unbranched alkanes of at least 4 members (excludes halogenated alkanes) is 5. The minimum atomic E-state index is -1.05. The van der Waals surface area contributed by atoms with Gasteiger partial charge in [0.25, 0.3) is 5.91 Å². The number of hydrogen-bond donors (Lipinski definition) is 1. The van der Waals surface area contributed by atoms with Crippen molar-refractivity contribution in [1.82, 2.24) is 4.90 Å². The van der Waals surface area contributed by atoms with Crippen LogP contribution in [-0.4, -0.2) is 46.0 Å². The molecule has 1 N–H and O–H groups in total. The molecule has 33 heavy (non-hydrogen) atoms. The topological polar surface area (TPSA) is 76.1 Å². The van der Waals surface area contributed by atoms with Crippen LogP contribution in [-0.2, 0) is 9.59 Å². The first-order chi connectivity index (χ1) is 15.8. The van der Waals surface area contributed by atoms with E-state index in [-0.39, 0.29) is 16.1 Å². The number of carbonyl (C=O) groups excluding carboxylic acids is 1. The molecule has 0 unspecified atom stereocenters. The number of carboxylic acid groups (broad SMARTS) is 1. The molecule has 1 fully saturated rings. The highest BCUT2D eigenvalue weighted by Crippen LogP contribution is 2.37. The van der Waals surface area contributed by atoms with E-state index in [2.05, 4.69) is 6.92 Å². The number of benzene rings is 1. The minimum absolute atomic E-state index is 0.215. The quantitative estimate of drug-likeness (QED) is 0.190. The molecule has 1 amide bonds. The maximum absolute atomic E-state index is 13.0. The molecule has 1 aromatic carbocycles. The number of thiocarbonyl (C=S) groups is 1. The van der Waals surface area contributed by atoms with E-state index in [9.17, 15) is 14.7 Å². The molecule has 0 aliphatic carbocycles. The van der Waals surface area contributed by atoms with E-state index in [1.54, 1.807) is 13.2 Å². The fraction of sp³-hybridized carbons (Fsp3) is 0.560. The van der Waals surface area contributed by atoms with Gasteiger partial charge in [-0.15, -0.1) is 0 Å². The van der Waals surface area contributed by atoms with Gasteiger partial charge in [0.1, 0.15) is 10.4 Å². The molecule has 1 aromatic rings. The van der Waals surface area contributed by atoms with E-state index in [0.717, 1.165) is 30.2 Å². The molecule has 1 aliphatic heterocycles. The van der Waals surface area contributed by atoms with Gasteiger partial charge >= 0.3 is 5.97 Å². The van der Waals surface area contributed by atoms with Crippen LogP contribution in [0.3, 0.4) is 0 Å². The molecular formula is C25H35NO5S2. The Morgan fingerprint density at radius 3 is 2.52 bits per heavy atom. The van der Waals surface area contributed by atoms with Gasteiger partial charge < -0.3 is 14.6 Å². The third kappa shape index (κ3) is 7.47. The Balaban J connectivity index is 2.08. The maximum atomic E-state index is 13.0. The number of methoxy groups -OCH3 is 1. The summed E-state index contributed by atoms with van der Waals surface area (Å²) < 4.78 is 11.7. The van der Waals surface area contributed by atoms with Gasteiger partial charge in [-0.1, -0.05) is 89.3 Å². The van der Waals surface area contributed by atoms with Crippen molar-refractivity contribution in [3.05, 3.63) is 28.7 Å². The molecule has 1 saturated heterocycles. The van der Waals surface area contributed by atoms with Crippen molar-refractivity contribution in [3.8, 4) is 11.5 Å². The third-order valence-corrected chi connectivity index (χ3v) is 7.11. The number of ether oxygens (including phenoxy) is 2. The summed E-state index contributed by atoms with van der Waals surface area (Å²) in [6.07, 6.45) is 9.51. The van der Waals surface area contributed by atoms with Crippen molar-refractivity contribution in [2.75, 3.05) is 13.7 Å². The summed E-state index contributed by atoms with van der Waals surface area (Å²) >= 11 is 6.48. The van der Waals surface area contributed by atoms with Gasteiger partial charge in [0.2, 0.25) is 0 Å². The van der Waals surface area contributed by atoms with Crippen molar-refractivity contribution in [1.29, 1.82) is 0 Å². The van der Waals surface area contributed by atoms with Crippen molar-refractivity contribution < 1.29 is 24.2 Å². The Bertz CT molecular complexity index is 870. The fourth-order valence-electron chi connectivity index (χ4n) is 3.66. The summed E-state index contributed by atoms with van der Waals surface area (Å²) in [5, 5.41) is 9.68. The highest BCUT2D eigenvalue weighted by Gasteiger charge is 2.42. The lowest BCUT2D eigenvalue weighted by Crippen LogP contribution is -2.47. The van der Waals surface area contributed by atoms with Gasteiger partial charge in [0.15, 0.2) is 11.5 Å². The summed E-state index contributed by atoms with van der Waals surface area (Å²) in [5.74, 6) is -0.380. The summed E-state index contributed by atoms with van der Waals surface area (Å²) in [5.41, 5.74) is 0.759. The first-order valence-corrected chi connectivity index (χ1v) is 12.9. The fourth-order valence-corrected chi connectivity index (χ4v) is 4.99. The lowest BCUT2D eigenvalue weighted by atomic mass is 9.98. The molecule has 0 aromatic heterocycles. The van der Waals surface area contributed by atoms with Gasteiger partial charge in [-0.3, -0.25) is 9.69 Å². The standard InChI is InChI=1S/C25H35NO5S2/c1-5-7-8-9-10-11-14-31-19-13-12-18(15-20(19)30-4)16-21-23(27)26(25(32)33-21)22(24(28)29)17(3)6-2/h12-13,15-17,22H,5-11,14H2,1-4H3,(H,28,29)/b21-16-/t17-,22+/m1/s1. The highest BCUT2D eigenvalue weighted by molar-refractivity contribution is 8.26. The first kappa shape index (κ1) is 27.2. The van der Waals surface area contributed by atoms with Crippen molar-refractivity contribution in [3.63, 3.8) is 0 Å². The Kier molecular flexibility index (Phi) is 11.2. The molecule has 182 valence electrons. The number of carboxylic acids is 1. The maximum Gasteiger partial charge on any atom is 0.327 e. The van der Waals surface area contributed by atoms with Crippen LogP contribution in [0.5, 0.6) is 11.5 Å². The zero-order valence-electron chi connectivity index (χ0n) is 20.0. The lowest BCUT2D eigenvalue weighted by Gasteiger charge is -2.27. The van der Waals surface area contributed by atoms with E-state index < -0.39 is 12.0 Å². The number of amides is 1. The van der Waals surface area contributed by atoms with Crippen LogP contribution in [0.2, 0.25) is 0 Å². The van der Waals surface area contributed by atoms with E-state index in [1.165, 1.54) is 30.6 Å². The van der Waals surface area contributed by atoms with Gasteiger partial charge in [-0.2, -0.15) is 0 Å². The smallest absolute Gasteiger partial charge is 0.327 e. The highest BCUT2D eigenvalue weighted by atomic mass is 32.2. The average molecular weight is 494 g/mol. The molecule has 1 heterocycles. The molecule has 2 rings (SSSR count). The summed E-state index contributed by atoms with van der Waals surface area (Å²) in [4.78, 5) is 26.5. The zero-order valence-corrected chi connectivity index (χ0v) is 21.6. The monoisotopic (exact) mass is 493 g/mol.